The highest BCUT2D eigenvalue weighted by atomic mass is 32.1. The fourth-order valence-corrected chi connectivity index (χ4v) is 4.17. The molecule has 0 aromatic carbocycles. The van der Waals surface area contributed by atoms with Crippen LogP contribution in [0.25, 0.3) is 0 Å². The van der Waals surface area contributed by atoms with E-state index in [0.717, 1.165) is 12.8 Å². The van der Waals surface area contributed by atoms with Crippen LogP contribution in [0.5, 0.6) is 0 Å². The van der Waals surface area contributed by atoms with Gasteiger partial charge in [0.1, 0.15) is 5.92 Å². The normalized spacial score (nSPS) is 24.8. The molecule has 2 fully saturated rings. The Morgan fingerprint density at radius 3 is 2.85 bits per heavy atom. The fraction of sp³-hybridized carbons (Fsp3) is 0.579. The molecule has 2 heterocycles. The molecule has 4 aliphatic rings. The summed E-state index contributed by atoms with van der Waals surface area (Å²) in [6, 6.07) is 0.305. The first-order valence-corrected chi connectivity index (χ1v) is 9.95. The van der Waals surface area contributed by atoms with Gasteiger partial charge in [0, 0.05) is 25.1 Å². The van der Waals surface area contributed by atoms with E-state index >= 15 is 0 Å². The summed E-state index contributed by atoms with van der Waals surface area (Å²) in [6.45, 7) is 0.538. The van der Waals surface area contributed by atoms with E-state index in [0.29, 0.717) is 42.7 Å². The number of amides is 2. The number of hydrogen-bond acceptors (Lipinski definition) is 5. The van der Waals surface area contributed by atoms with E-state index in [1.807, 2.05) is 0 Å². The number of rotatable bonds is 5. The van der Waals surface area contributed by atoms with Crippen LogP contribution in [0.15, 0.2) is 28.7 Å². The third-order valence-corrected chi connectivity index (χ3v) is 5.64. The summed E-state index contributed by atoms with van der Waals surface area (Å²) in [5.74, 6) is 0.579. The van der Waals surface area contributed by atoms with Crippen LogP contribution in [0, 0.1) is 5.92 Å². The molecule has 1 saturated carbocycles. The van der Waals surface area contributed by atoms with Crippen LogP contribution >= 0.6 is 12.2 Å². The van der Waals surface area contributed by atoms with E-state index in [-0.39, 0.29) is 23.7 Å². The Morgan fingerprint density at radius 2 is 2.04 bits per heavy atom. The summed E-state index contributed by atoms with van der Waals surface area (Å²) in [4.78, 5) is 30.9. The number of carbonyl (C=O) groups excluding carboxylic acids is 2. The van der Waals surface area contributed by atoms with Gasteiger partial charge in [0.05, 0.1) is 5.71 Å². The second-order valence-electron chi connectivity index (χ2n) is 7.24. The smallest absolute Gasteiger partial charge is 0.241 e. The van der Waals surface area contributed by atoms with Gasteiger partial charge in [-0.2, -0.15) is 0 Å². The summed E-state index contributed by atoms with van der Waals surface area (Å²) < 4.78 is 10.7. The summed E-state index contributed by atoms with van der Waals surface area (Å²) in [7, 11) is 0. The molecule has 0 spiro atoms. The highest BCUT2D eigenvalue weighted by molar-refractivity contribution is 7.80. The zero-order chi connectivity index (χ0) is 18.8. The molecule has 7 nitrogen and oxygen atoms in total. The monoisotopic (exact) mass is 389 g/mol. The number of aliphatic imine (C=N–C) groups is 1. The average molecular weight is 389 g/mol. The maximum absolute atomic E-state index is 12.8. The number of fused-ring (bicyclic) bond motifs is 2. The predicted molar refractivity (Wildman–Crippen MR) is 103 cm³/mol. The number of allylic oxidation sites excluding steroid dienone is 1. The van der Waals surface area contributed by atoms with Crippen molar-refractivity contribution in [2.24, 2.45) is 10.9 Å². The summed E-state index contributed by atoms with van der Waals surface area (Å²) in [6.07, 6.45) is 10.1. The van der Waals surface area contributed by atoms with Gasteiger partial charge in [-0.3, -0.25) is 14.5 Å². The lowest BCUT2D eigenvalue weighted by molar-refractivity contribution is -0.129. The summed E-state index contributed by atoms with van der Waals surface area (Å²) >= 11 is 5.30. The van der Waals surface area contributed by atoms with Crippen LogP contribution in [-0.2, 0) is 19.1 Å². The Morgan fingerprint density at radius 1 is 1.26 bits per heavy atom. The SMILES string of the molecule is O=C(CCCN1C(=O)C2C=C3OCOC3=CC2=NC1=S)NC1CCCCC1. The maximum Gasteiger partial charge on any atom is 0.241 e. The Bertz CT molecular complexity index is 752. The van der Waals surface area contributed by atoms with Crippen LogP contribution in [0.2, 0.25) is 0 Å². The molecule has 2 amide bonds. The maximum atomic E-state index is 12.8. The fourth-order valence-electron chi connectivity index (χ4n) is 3.89. The zero-order valence-electron chi connectivity index (χ0n) is 15.1. The third-order valence-electron chi connectivity index (χ3n) is 5.33. The van der Waals surface area contributed by atoms with Gasteiger partial charge in [0.25, 0.3) is 0 Å². The molecule has 0 aromatic rings. The lowest BCUT2D eigenvalue weighted by atomic mass is 9.93. The Balaban J connectivity index is 1.32. The summed E-state index contributed by atoms with van der Waals surface area (Å²) in [5, 5.41) is 3.34. The number of hydrogen-bond donors (Lipinski definition) is 1. The van der Waals surface area contributed by atoms with Crippen molar-refractivity contribution in [3.63, 3.8) is 0 Å². The van der Waals surface area contributed by atoms with Crippen LogP contribution in [0.4, 0.5) is 0 Å². The predicted octanol–water partition coefficient (Wildman–Crippen LogP) is 2.19. The van der Waals surface area contributed by atoms with E-state index in [4.69, 9.17) is 21.7 Å². The molecule has 0 aromatic heterocycles. The van der Waals surface area contributed by atoms with Crippen LogP contribution in [0.1, 0.15) is 44.9 Å². The second kappa shape index (κ2) is 7.80. The first kappa shape index (κ1) is 18.2. The minimum atomic E-state index is -0.506. The average Bonchev–Trinajstić information content (AvgIpc) is 3.11. The lowest BCUT2D eigenvalue weighted by Crippen LogP contribution is -2.47. The molecule has 1 N–H and O–H groups in total. The third kappa shape index (κ3) is 3.90. The molecular weight excluding hydrogens is 366 g/mol. The van der Waals surface area contributed by atoms with Gasteiger partial charge in [-0.1, -0.05) is 19.3 Å². The minimum Gasteiger partial charge on any atom is -0.454 e. The molecule has 0 radical (unpaired) electrons. The van der Waals surface area contributed by atoms with E-state index in [1.54, 1.807) is 12.2 Å². The second-order valence-corrected chi connectivity index (χ2v) is 7.60. The quantitative estimate of drug-likeness (QED) is 0.729. The van der Waals surface area contributed by atoms with Crippen LogP contribution in [-0.4, -0.2) is 46.9 Å². The van der Waals surface area contributed by atoms with E-state index in [1.165, 1.54) is 24.2 Å². The van der Waals surface area contributed by atoms with Crippen molar-refractivity contribution in [3.05, 3.63) is 23.7 Å². The van der Waals surface area contributed by atoms with Gasteiger partial charge in [0.15, 0.2) is 11.5 Å². The van der Waals surface area contributed by atoms with Crippen LogP contribution in [0.3, 0.4) is 0 Å². The molecule has 2 aliphatic carbocycles. The molecule has 4 rings (SSSR count). The van der Waals surface area contributed by atoms with Gasteiger partial charge in [0.2, 0.25) is 23.7 Å². The van der Waals surface area contributed by atoms with Crippen molar-refractivity contribution < 1.29 is 19.1 Å². The van der Waals surface area contributed by atoms with Gasteiger partial charge in [-0.15, -0.1) is 0 Å². The van der Waals surface area contributed by atoms with E-state index in [9.17, 15) is 9.59 Å². The lowest BCUT2D eigenvalue weighted by Gasteiger charge is -2.30. The first-order chi connectivity index (χ1) is 13.1. The number of carbonyl (C=O) groups is 2. The molecular formula is C19H23N3O4S. The highest BCUT2D eigenvalue weighted by Gasteiger charge is 2.38. The minimum absolute atomic E-state index is 0.0466. The standard InChI is InChI=1S/C19H23N3O4S/c23-17(20-12-5-2-1-3-6-12)7-4-8-22-18(24)13-9-15-16(26-11-25-15)10-14(13)21-19(22)27/h9-10,12-13H,1-8,11H2,(H,20,23). The zero-order valence-corrected chi connectivity index (χ0v) is 15.9. The van der Waals surface area contributed by atoms with Crippen molar-refractivity contribution in [3.8, 4) is 0 Å². The molecule has 27 heavy (non-hydrogen) atoms. The number of thiocarbonyl (C=S) groups is 1. The summed E-state index contributed by atoms with van der Waals surface area (Å²) in [5.41, 5.74) is 0.584. The van der Waals surface area contributed by atoms with Gasteiger partial charge in [-0.25, -0.2) is 4.99 Å². The number of ether oxygens (including phenoxy) is 2. The Hall–Kier alpha value is -2.22. The van der Waals surface area contributed by atoms with Gasteiger partial charge >= 0.3 is 0 Å². The molecule has 8 heteroatoms. The molecule has 1 saturated heterocycles. The van der Waals surface area contributed by atoms with Crippen molar-refractivity contribution >= 4 is 34.9 Å². The van der Waals surface area contributed by atoms with E-state index < -0.39 is 5.92 Å². The van der Waals surface area contributed by atoms with Crippen molar-refractivity contribution in [2.45, 2.75) is 51.0 Å². The molecule has 1 atom stereocenters. The first-order valence-electron chi connectivity index (χ1n) is 9.54. The topological polar surface area (TPSA) is 80.2 Å². The highest BCUT2D eigenvalue weighted by Crippen LogP contribution is 2.31. The number of nitrogens with zero attached hydrogens (tertiary/aromatic N) is 2. The molecule has 144 valence electrons. The van der Waals surface area contributed by atoms with Gasteiger partial charge in [-0.05, 0) is 37.6 Å². The van der Waals surface area contributed by atoms with Crippen molar-refractivity contribution in [2.75, 3.05) is 13.3 Å². The molecule has 1 unspecified atom stereocenters. The molecule has 0 bridgehead atoms. The molecule has 2 aliphatic heterocycles. The van der Waals surface area contributed by atoms with E-state index in [2.05, 4.69) is 10.3 Å². The van der Waals surface area contributed by atoms with Crippen molar-refractivity contribution in [1.29, 1.82) is 0 Å². The number of nitrogens with one attached hydrogen (secondary N) is 1. The van der Waals surface area contributed by atoms with Crippen molar-refractivity contribution in [1.82, 2.24) is 10.2 Å². The Labute approximate surface area is 163 Å². The van der Waals surface area contributed by atoms with Gasteiger partial charge < -0.3 is 14.8 Å². The Kier molecular flexibility index (Phi) is 5.24. The van der Waals surface area contributed by atoms with Crippen LogP contribution < -0.4 is 5.32 Å². The largest absolute Gasteiger partial charge is 0.454 e.